The average molecular weight is 401 g/mol. The Kier molecular flexibility index (Phi) is 5.30. The number of fused-ring (bicyclic) bond motifs is 1. The third kappa shape index (κ3) is 3.93. The second kappa shape index (κ2) is 8.21. The minimum atomic E-state index is -1.01. The van der Waals surface area contributed by atoms with Gasteiger partial charge in [0.2, 0.25) is 0 Å². The van der Waals surface area contributed by atoms with Gasteiger partial charge in [-0.15, -0.1) is 0 Å². The van der Waals surface area contributed by atoms with E-state index < -0.39 is 5.97 Å². The Morgan fingerprint density at radius 1 is 0.767 bits per heavy atom. The first kappa shape index (κ1) is 19.4. The molecule has 0 fully saturated rings. The molecule has 6 nitrogen and oxygen atoms in total. The van der Waals surface area contributed by atoms with Crippen molar-refractivity contribution in [2.75, 3.05) is 11.5 Å². The number of hydrogen-bond donors (Lipinski definition) is 1. The summed E-state index contributed by atoms with van der Waals surface area (Å²) < 4.78 is 5.13. The number of nitrogens with zero attached hydrogens (tertiary/aromatic N) is 1. The van der Waals surface area contributed by atoms with Gasteiger partial charge in [-0.1, -0.05) is 36.4 Å². The van der Waals surface area contributed by atoms with Gasteiger partial charge in [0, 0.05) is 0 Å². The first-order valence-corrected chi connectivity index (χ1v) is 9.53. The van der Waals surface area contributed by atoms with E-state index in [-0.39, 0.29) is 18.4 Å². The predicted molar refractivity (Wildman–Crippen MR) is 111 cm³/mol. The van der Waals surface area contributed by atoms with Crippen LogP contribution in [0.5, 0.6) is 5.75 Å². The maximum Gasteiger partial charge on any atom is 0.341 e. The smallest absolute Gasteiger partial charge is 0.341 e. The van der Waals surface area contributed by atoms with Crippen molar-refractivity contribution in [3.8, 4) is 5.75 Å². The Morgan fingerprint density at radius 2 is 1.27 bits per heavy atom. The lowest BCUT2D eigenvalue weighted by Crippen LogP contribution is -2.29. The van der Waals surface area contributed by atoms with Crippen LogP contribution >= 0.6 is 0 Å². The molecule has 1 heterocycles. The fourth-order valence-corrected chi connectivity index (χ4v) is 3.42. The van der Waals surface area contributed by atoms with Crippen LogP contribution in [0, 0.1) is 0 Å². The molecule has 0 saturated heterocycles. The minimum Gasteiger partial charge on any atom is -0.482 e. The van der Waals surface area contributed by atoms with Gasteiger partial charge in [-0.2, -0.15) is 0 Å². The molecule has 4 rings (SSSR count). The fourth-order valence-electron chi connectivity index (χ4n) is 3.42. The van der Waals surface area contributed by atoms with Gasteiger partial charge in [-0.05, 0) is 60.4 Å². The van der Waals surface area contributed by atoms with Crippen LogP contribution in [0.25, 0.3) is 0 Å². The highest BCUT2D eigenvalue weighted by Crippen LogP contribution is 2.28. The zero-order chi connectivity index (χ0) is 21.1. The van der Waals surface area contributed by atoms with E-state index in [4.69, 9.17) is 9.84 Å². The molecule has 30 heavy (non-hydrogen) atoms. The Balaban J connectivity index is 1.38. The minimum absolute atomic E-state index is 0.298. The van der Waals surface area contributed by atoms with Gasteiger partial charge in [-0.3, -0.25) is 9.59 Å². The molecule has 0 spiro atoms. The van der Waals surface area contributed by atoms with Crippen LogP contribution in [0.15, 0.2) is 72.8 Å². The number of aryl methyl sites for hydroxylation is 2. The zero-order valence-corrected chi connectivity index (χ0v) is 16.1. The molecule has 1 aliphatic rings. The van der Waals surface area contributed by atoms with E-state index in [1.807, 2.05) is 24.3 Å². The van der Waals surface area contributed by atoms with Crippen molar-refractivity contribution in [1.29, 1.82) is 0 Å². The number of hydrogen-bond acceptors (Lipinski definition) is 4. The highest BCUT2D eigenvalue weighted by atomic mass is 16.5. The van der Waals surface area contributed by atoms with Crippen molar-refractivity contribution in [1.82, 2.24) is 0 Å². The number of carbonyl (C=O) groups excluding carboxylic acids is 2. The van der Waals surface area contributed by atoms with E-state index in [1.165, 1.54) is 4.90 Å². The summed E-state index contributed by atoms with van der Waals surface area (Å²) in [5.74, 6) is -1.09. The monoisotopic (exact) mass is 401 g/mol. The van der Waals surface area contributed by atoms with E-state index in [0.29, 0.717) is 22.6 Å². The maximum atomic E-state index is 12.6. The summed E-state index contributed by atoms with van der Waals surface area (Å²) >= 11 is 0. The predicted octanol–water partition coefficient (Wildman–Crippen LogP) is 3.74. The number of carboxylic acid groups (broad SMARTS) is 1. The molecule has 0 aromatic heterocycles. The van der Waals surface area contributed by atoms with Crippen molar-refractivity contribution in [2.24, 2.45) is 0 Å². The molecule has 3 aromatic carbocycles. The summed E-state index contributed by atoms with van der Waals surface area (Å²) in [5.41, 5.74) is 3.61. The largest absolute Gasteiger partial charge is 0.482 e. The van der Waals surface area contributed by atoms with Crippen LogP contribution in [-0.2, 0) is 17.6 Å². The molecule has 0 saturated carbocycles. The van der Waals surface area contributed by atoms with Crippen molar-refractivity contribution in [3.63, 3.8) is 0 Å². The molecule has 1 aliphatic heterocycles. The normalized spacial score (nSPS) is 12.7. The summed E-state index contributed by atoms with van der Waals surface area (Å²) in [7, 11) is 0. The van der Waals surface area contributed by atoms with Gasteiger partial charge in [-0.25, -0.2) is 9.69 Å². The third-order valence-electron chi connectivity index (χ3n) is 4.98. The van der Waals surface area contributed by atoms with Crippen LogP contribution in [0.3, 0.4) is 0 Å². The van der Waals surface area contributed by atoms with Crippen LogP contribution in [0.2, 0.25) is 0 Å². The third-order valence-corrected chi connectivity index (χ3v) is 4.98. The van der Waals surface area contributed by atoms with E-state index >= 15 is 0 Å². The highest BCUT2D eigenvalue weighted by Gasteiger charge is 2.36. The second-order valence-corrected chi connectivity index (χ2v) is 6.98. The molecular weight excluding hydrogens is 382 g/mol. The first-order chi connectivity index (χ1) is 14.5. The van der Waals surface area contributed by atoms with E-state index in [0.717, 1.165) is 24.0 Å². The van der Waals surface area contributed by atoms with Gasteiger partial charge >= 0.3 is 5.97 Å². The molecule has 2 amide bonds. The summed E-state index contributed by atoms with van der Waals surface area (Å²) in [4.78, 5) is 36.9. The van der Waals surface area contributed by atoms with Crippen molar-refractivity contribution in [3.05, 3.63) is 95.1 Å². The summed E-state index contributed by atoms with van der Waals surface area (Å²) in [6.07, 6.45) is 1.59. The van der Waals surface area contributed by atoms with Crippen molar-refractivity contribution < 1.29 is 24.2 Å². The van der Waals surface area contributed by atoms with E-state index in [9.17, 15) is 14.4 Å². The number of imide groups is 1. The van der Waals surface area contributed by atoms with E-state index in [2.05, 4.69) is 0 Å². The average Bonchev–Trinajstić information content (AvgIpc) is 3.02. The molecule has 1 N–H and O–H groups in total. The number of aliphatic carboxylic acids is 1. The van der Waals surface area contributed by atoms with Crippen LogP contribution in [-0.4, -0.2) is 29.5 Å². The van der Waals surface area contributed by atoms with Crippen molar-refractivity contribution in [2.45, 2.75) is 12.8 Å². The Labute approximate surface area is 173 Å². The summed E-state index contributed by atoms with van der Waals surface area (Å²) in [6, 6.07) is 21.6. The number of benzene rings is 3. The van der Waals surface area contributed by atoms with Crippen LogP contribution < -0.4 is 9.64 Å². The van der Waals surface area contributed by atoms with Gasteiger partial charge in [0.05, 0.1) is 16.8 Å². The Morgan fingerprint density at radius 3 is 1.77 bits per heavy atom. The van der Waals surface area contributed by atoms with Gasteiger partial charge < -0.3 is 9.84 Å². The number of anilines is 1. The molecule has 0 radical (unpaired) electrons. The number of ether oxygens (including phenoxy) is 1. The molecular formula is C24H19NO5. The lowest BCUT2D eigenvalue weighted by Gasteiger charge is -2.14. The Hall–Kier alpha value is -3.93. The van der Waals surface area contributed by atoms with Crippen LogP contribution in [0.1, 0.15) is 31.8 Å². The topological polar surface area (TPSA) is 83.9 Å². The Bertz CT molecular complexity index is 1070. The molecule has 0 bridgehead atoms. The zero-order valence-electron chi connectivity index (χ0n) is 16.1. The van der Waals surface area contributed by atoms with Gasteiger partial charge in [0.15, 0.2) is 6.61 Å². The quantitative estimate of drug-likeness (QED) is 0.610. The number of carbonyl (C=O) groups is 3. The summed E-state index contributed by atoms with van der Waals surface area (Å²) in [6.45, 7) is -0.362. The lowest BCUT2D eigenvalue weighted by molar-refractivity contribution is -0.139. The van der Waals surface area contributed by atoms with Crippen molar-refractivity contribution >= 4 is 23.5 Å². The lowest BCUT2D eigenvalue weighted by atomic mass is 10.0. The molecule has 3 aromatic rings. The first-order valence-electron chi connectivity index (χ1n) is 9.53. The second-order valence-electron chi connectivity index (χ2n) is 6.98. The molecule has 150 valence electrons. The molecule has 0 unspecified atom stereocenters. The van der Waals surface area contributed by atoms with E-state index in [1.54, 1.807) is 48.5 Å². The highest BCUT2D eigenvalue weighted by molar-refractivity contribution is 6.34. The number of rotatable bonds is 7. The standard InChI is InChI=1S/C24H19NO5/c26-22(27)15-30-19-13-9-17(10-14-19)6-5-16-7-11-18(12-8-16)25-23(28)20-3-1-2-4-21(20)24(25)29/h1-4,7-14H,5-6,15H2,(H,26,27). The molecule has 6 heteroatoms. The fraction of sp³-hybridized carbons (Fsp3) is 0.125. The number of carboxylic acids is 1. The van der Waals surface area contributed by atoms with Gasteiger partial charge in [0.25, 0.3) is 11.8 Å². The maximum absolute atomic E-state index is 12.6. The summed E-state index contributed by atoms with van der Waals surface area (Å²) in [5, 5.41) is 8.64. The van der Waals surface area contributed by atoms with Crippen LogP contribution in [0.4, 0.5) is 5.69 Å². The molecule has 0 aliphatic carbocycles. The molecule has 0 atom stereocenters. The SMILES string of the molecule is O=C(O)COc1ccc(CCc2ccc(N3C(=O)c4ccccc4C3=O)cc2)cc1. The number of amides is 2. The van der Waals surface area contributed by atoms with Gasteiger partial charge in [0.1, 0.15) is 5.75 Å².